The molecule has 0 spiro atoms. The van der Waals surface area contributed by atoms with Crippen molar-refractivity contribution in [1.29, 1.82) is 0 Å². The molecule has 0 aromatic rings. The Balaban J connectivity index is 1.63. The molecule has 0 amide bonds. The lowest BCUT2D eigenvalue weighted by atomic mass is 9.41. The Kier molecular flexibility index (Phi) is 6.10. The van der Waals surface area contributed by atoms with Crippen LogP contribution in [0.25, 0.3) is 0 Å². The summed E-state index contributed by atoms with van der Waals surface area (Å²) in [6.07, 6.45) is 10.5. The standard InChI is InChI=1S/C27H46O3/c1-7-18-22-14-16(2)10-12-27(22,5)21-11-13-26(4)19(17(3)15-23(28)30-6)8-9-20(26)24(21)25(18)29/h16-22,24-25,29H,7-15H2,1-6H3/t16-,17-,18-,19-,20+,21+,22+,24+,25-,26-,27-/m1/s1. The minimum Gasteiger partial charge on any atom is -0.469 e. The number of hydrogen-bond donors (Lipinski definition) is 1. The van der Waals surface area contributed by atoms with Crippen LogP contribution < -0.4 is 0 Å². The summed E-state index contributed by atoms with van der Waals surface area (Å²) >= 11 is 0. The number of aliphatic hydroxyl groups excluding tert-OH is 1. The van der Waals surface area contributed by atoms with Gasteiger partial charge in [0.25, 0.3) is 0 Å². The van der Waals surface area contributed by atoms with E-state index in [1.54, 1.807) is 0 Å². The molecule has 4 saturated carbocycles. The highest BCUT2D eigenvalue weighted by Gasteiger charge is 2.64. The molecule has 3 nitrogen and oxygen atoms in total. The number of methoxy groups -OCH3 is 1. The third-order valence-corrected chi connectivity index (χ3v) is 11.2. The summed E-state index contributed by atoms with van der Waals surface area (Å²) in [5.74, 6) is 4.60. The van der Waals surface area contributed by atoms with Crippen molar-refractivity contribution in [1.82, 2.24) is 0 Å². The maximum atomic E-state index is 12.0. The lowest BCUT2D eigenvalue weighted by molar-refractivity contribution is -0.198. The van der Waals surface area contributed by atoms with Crippen molar-refractivity contribution >= 4 is 5.97 Å². The summed E-state index contributed by atoms with van der Waals surface area (Å²) in [7, 11) is 1.50. The van der Waals surface area contributed by atoms with Crippen LogP contribution in [0, 0.1) is 58.2 Å². The van der Waals surface area contributed by atoms with E-state index in [2.05, 4.69) is 34.6 Å². The number of carbonyl (C=O) groups is 1. The lowest BCUT2D eigenvalue weighted by Crippen LogP contribution is -2.61. The normalized spacial score (nSPS) is 51.4. The van der Waals surface area contributed by atoms with Gasteiger partial charge in [0.2, 0.25) is 0 Å². The van der Waals surface area contributed by atoms with Crippen molar-refractivity contribution < 1.29 is 14.6 Å². The van der Waals surface area contributed by atoms with Gasteiger partial charge in [-0.05, 0) is 96.7 Å². The lowest BCUT2D eigenvalue weighted by Gasteiger charge is -2.65. The Morgan fingerprint density at radius 3 is 2.40 bits per heavy atom. The number of carbonyl (C=O) groups excluding carboxylic acids is 1. The third kappa shape index (κ3) is 3.28. The van der Waals surface area contributed by atoms with Crippen molar-refractivity contribution in [3.05, 3.63) is 0 Å². The SMILES string of the molecule is CC[C@H]1[C@@H](O)[C@@H]2[C@H](CC[C@]3(C)[C@@H]([C@H](C)CC(=O)OC)CC[C@@H]23)[C@@]2(C)CC[C@@H](C)C[C@@H]12. The Hall–Kier alpha value is -0.570. The molecule has 0 unspecified atom stereocenters. The zero-order valence-electron chi connectivity index (χ0n) is 20.3. The predicted octanol–water partition coefficient (Wildman–Crippen LogP) is 6.09. The predicted molar refractivity (Wildman–Crippen MR) is 121 cm³/mol. The molecule has 30 heavy (non-hydrogen) atoms. The van der Waals surface area contributed by atoms with E-state index in [0.717, 1.165) is 12.3 Å². The fourth-order valence-electron chi connectivity index (χ4n) is 9.64. The van der Waals surface area contributed by atoms with Crippen LogP contribution >= 0.6 is 0 Å². The van der Waals surface area contributed by atoms with Crippen molar-refractivity contribution in [2.24, 2.45) is 58.2 Å². The fourth-order valence-corrected chi connectivity index (χ4v) is 9.64. The summed E-state index contributed by atoms with van der Waals surface area (Å²) in [4.78, 5) is 12.0. The molecule has 0 heterocycles. The average molecular weight is 419 g/mol. The highest BCUT2D eigenvalue weighted by molar-refractivity contribution is 5.69. The first kappa shape index (κ1) is 22.6. The van der Waals surface area contributed by atoms with E-state index in [1.807, 2.05) is 0 Å². The molecule has 4 aliphatic rings. The average Bonchev–Trinajstić information content (AvgIpc) is 3.06. The molecular weight excluding hydrogens is 372 g/mol. The van der Waals surface area contributed by atoms with E-state index in [4.69, 9.17) is 4.74 Å². The second-order valence-corrected chi connectivity index (χ2v) is 12.3. The van der Waals surface area contributed by atoms with Crippen LogP contribution in [0.4, 0.5) is 0 Å². The van der Waals surface area contributed by atoms with Crippen LogP contribution in [-0.2, 0) is 9.53 Å². The molecule has 3 heteroatoms. The number of aliphatic hydroxyl groups is 1. The minimum absolute atomic E-state index is 0.0707. The molecule has 4 fully saturated rings. The van der Waals surface area contributed by atoms with Gasteiger partial charge in [0.15, 0.2) is 0 Å². The second kappa shape index (κ2) is 8.09. The van der Waals surface area contributed by atoms with Crippen molar-refractivity contribution in [2.75, 3.05) is 7.11 Å². The van der Waals surface area contributed by atoms with Crippen LogP contribution in [-0.4, -0.2) is 24.3 Å². The Morgan fingerprint density at radius 2 is 1.73 bits per heavy atom. The highest BCUT2D eigenvalue weighted by atomic mass is 16.5. The second-order valence-electron chi connectivity index (χ2n) is 12.3. The van der Waals surface area contributed by atoms with Crippen LogP contribution in [0.5, 0.6) is 0 Å². The molecule has 0 radical (unpaired) electrons. The topological polar surface area (TPSA) is 46.5 Å². The molecule has 0 bridgehead atoms. The molecule has 11 atom stereocenters. The van der Waals surface area contributed by atoms with Crippen LogP contribution in [0.3, 0.4) is 0 Å². The van der Waals surface area contributed by atoms with Crippen molar-refractivity contribution in [3.63, 3.8) is 0 Å². The largest absolute Gasteiger partial charge is 0.469 e. The number of ether oxygens (including phenoxy) is 1. The van der Waals surface area contributed by atoms with E-state index in [-0.39, 0.29) is 17.5 Å². The first-order valence-corrected chi connectivity index (χ1v) is 12.9. The van der Waals surface area contributed by atoms with E-state index >= 15 is 0 Å². The van der Waals surface area contributed by atoms with Gasteiger partial charge in [0, 0.05) is 6.42 Å². The molecule has 1 N–H and O–H groups in total. The Labute approximate surface area is 184 Å². The zero-order chi connectivity index (χ0) is 21.8. The molecular formula is C27H46O3. The number of hydrogen-bond acceptors (Lipinski definition) is 3. The summed E-state index contributed by atoms with van der Waals surface area (Å²) in [6, 6.07) is 0. The van der Waals surface area contributed by atoms with Gasteiger partial charge in [-0.25, -0.2) is 0 Å². The van der Waals surface area contributed by atoms with E-state index in [0.29, 0.717) is 53.3 Å². The maximum absolute atomic E-state index is 12.0. The first-order chi connectivity index (χ1) is 14.2. The first-order valence-electron chi connectivity index (χ1n) is 12.9. The number of rotatable bonds is 4. The molecule has 4 rings (SSSR count). The van der Waals surface area contributed by atoms with E-state index in [9.17, 15) is 9.90 Å². The molecule has 0 saturated heterocycles. The minimum atomic E-state index is -0.136. The van der Waals surface area contributed by atoms with Crippen molar-refractivity contribution in [2.45, 2.75) is 98.5 Å². The molecule has 4 aliphatic carbocycles. The van der Waals surface area contributed by atoms with Gasteiger partial charge in [-0.3, -0.25) is 4.79 Å². The van der Waals surface area contributed by atoms with Gasteiger partial charge in [-0.15, -0.1) is 0 Å². The van der Waals surface area contributed by atoms with E-state index in [1.165, 1.54) is 52.1 Å². The smallest absolute Gasteiger partial charge is 0.305 e. The van der Waals surface area contributed by atoms with E-state index < -0.39 is 0 Å². The maximum Gasteiger partial charge on any atom is 0.305 e. The van der Waals surface area contributed by atoms with Crippen LogP contribution in [0.1, 0.15) is 92.4 Å². The summed E-state index contributed by atoms with van der Waals surface area (Å²) in [5.41, 5.74) is 0.674. The Morgan fingerprint density at radius 1 is 1.07 bits per heavy atom. The molecule has 0 aliphatic heterocycles. The fraction of sp³-hybridized carbons (Fsp3) is 0.963. The highest BCUT2D eigenvalue weighted by Crippen LogP contribution is 2.69. The number of fused-ring (bicyclic) bond motifs is 5. The summed E-state index contributed by atoms with van der Waals surface area (Å²) in [5, 5.41) is 11.8. The Bertz CT molecular complexity index is 646. The zero-order valence-corrected chi connectivity index (χ0v) is 20.3. The number of esters is 1. The quantitative estimate of drug-likeness (QED) is 0.562. The summed E-state index contributed by atoms with van der Waals surface area (Å²) in [6.45, 7) is 12.1. The van der Waals surface area contributed by atoms with Gasteiger partial charge in [0.05, 0.1) is 13.2 Å². The van der Waals surface area contributed by atoms with Crippen molar-refractivity contribution in [3.8, 4) is 0 Å². The monoisotopic (exact) mass is 418 g/mol. The van der Waals surface area contributed by atoms with Crippen LogP contribution in [0.15, 0.2) is 0 Å². The van der Waals surface area contributed by atoms with Crippen LogP contribution in [0.2, 0.25) is 0 Å². The molecule has 0 aromatic heterocycles. The van der Waals surface area contributed by atoms with Gasteiger partial charge in [-0.1, -0.05) is 47.5 Å². The van der Waals surface area contributed by atoms with Gasteiger partial charge in [-0.2, -0.15) is 0 Å². The molecule has 0 aromatic carbocycles. The van der Waals surface area contributed by atoms with Gasteiger partial charge < -0.3 is 9.84 Å². The summed E-state index contributed by atoms with van der Waals surface area (Å²) < 4.78 is 4.98. The van der Waals surface area contributed by atoms with Gasteiger partial charge in [0.1, 0.15) is 0 Å². The van der Waals surface area contributed by atoms with Gasteiger partial charge >= 0.3 is 5.97 Å². The molecule has 172 valence electrons. The third-order valence-electron chi connectivity index (χ3n) is 11.2.